The van der Waals surface area contributed by atoms with E-state index in [0.717, 1.165) is 11.1 Å². The highest BCUT2D eigenvalue weighted by Gasteiger charge is 2.24. The van der Waals surface area contributed by atoms with Crippen LogP contribution in [0, 0.1) is 0 Å². The van der Waals surface area contributed by atoms with E-state index in [-0.39, 0.29) is 22.5 Å². The van der Waals surface area contributed by atoms with Gasteiger partial charge in [-0.15, -0.1) is 0 Å². The molecule has 0 radical (unpaired) electrons. The maximum atomic E-state index is 12.7. The van der Waals surface area contributed by atoms with Crippen molar-refractivity contribution >= 4 is 27.3 Å². The highest BCUT2D eigenvalue weighted by Crippen LogP contribution is 2.30. The Morgan fingerprint density at radius 3 is 2.03 bits per heavy atom. The summed E-state index contributed by atoms with van der Waals surface area (Å²) in [4.78, 5) is 11.3. The fourth-order valence-corrected chi connectivity index (χ4v) is 4.40. The van der Waals surface area contributed by atoms with Crippen LogP contribution in [0.4, 0.5) is 11.4 Å². The molecule has 0 unspecified atom stereocenters. The van der Waals surface area contributed by atoms with Crippen molar-refractivity contribution < 1.29 is 13.2 Å². The fourth-order valence-electron chi connectivity index (χ4n) is 3.03. The molecule has 0 aromatic heterocycles. The summed E-state index contributed by atoms with van der Waals surface area (Å²) in [7, 11) is -3.49. The van der Waals surface area contributed by atoms with E-state index >= 15 is 0 Å². The third kappa shape index (κ3) is 6.89. The number of carbonyl (C=O) groups excluding carboxylic acids is 1. The van der Waals surface area contributed by atoms with Gasteiger partial charge in [0.1, 0.15) is 0 Å². The number of hydrogen-bond acceptors (Lipinski definition) is 3. The maximum absolute atomic E-state index is 12.7. The Morgan fingerprint density at radius 1 is 0.897 bits per heavy atom. The molecule has 0 atom stereocenters. The van der Waals surface area contributed by atoms with Gasteiger partial charge in [-0.05, 0) is 52.6 Å². The lowest BCUT2D eigenvalue weighted by Crippen LogP contribution is -2.25. The molecule has 0 saturated carbocycles. The average Bonchev–Trinajstić information content (AvgIpc) is 2.59. The number of benzene rings is 2. The first-order valence-electron chi connectivity index (χ1n) is 9.78. The predicted molar refractivity (Wildman–Crippen MR) is 121 cm³/mol. The molecule has 0 aliphatic carbocycles. The molecule has 0 fully saturated rings. The smallest absolute Gasteiger partial charge is 0.232 e. The van der Waals surface area contributed by atoms with Gasteiger partial charge in [-0.1, -0.05) is 58.9 Å². The van der Waals surface area contributed by atoms with Crippen molar-refractivity contribution in [3.63, 3.8) is 0 Å². The molecule has 0 spiro atoms. The van der Waals surface area contributed by atoms with Crippen LogP contribution in [-0.2, 0) is 25.6 Å². The Labute approximate surface area is 175 Å². The van der Waals surface area contributed by atoms with Crippen LogP contribution in [0.1, 0.15) is 59.1 Å². The summed E-state index contributed by atoms with van der Waals surface area (Å²) in [5.41, 5.74) is 2.94. The van der Waals surface area contributed by atoms with Crippen molar-refractivity contribution in [3.05, 3.63) is 59.7 Å². The zero-order valence-corrected chi connectivity index (χ0v) is 19.0. The molecule has 0 aliphatic heterocycles. The van der Waals surface area contributed by atoms with Crippen LogP contribution in [0.25, 0.3) is 0 Å². The van der Waals surface area contributed by atoms with Crippen molar-refractivity contribution in [1.29, 1.82) is 0 Å². The highest BCUT2D eigenvalue weighted by atomic mass is 32.2. The molecular formula is C23H32N2O3S. The summed E-state index contributed by atoms with van der Waals surface area (Å²) >= 11 is 0. The Morgan fingerprint density at radius 2 is 1.45 bits per heavy atom. The molecule has 2 rings (SSSR count). The average molecular weight is 417 g/mol. The minimum Gasteiger partial charge on any atom is -0.326 e. The van der Waals surface area contributed by atoms with Gasteiger partial charge in [0.05, 0.1) is 5.75 Å². The van der Waals surface area contributed by atoms with Gasteiger partial charge in [-0.2, -0.15) is 0 Å². The third-order valence-corrected chi connectivity index (χ3v) is 6.25. The van der Waals surface area contributed by atoms with Crippen LogP contribution in [0.3, 0.4) is 0 Å². The van der Waals surface area contributed by atoms with Crippen LogP contribution >= 0.6 is 0 Å². The molecule has 1 amide bonds. The molecule has 2 N–H and O–H groups in total. The molecule has 6 heteroatoms. The minimum absolute atomic E-state index is 0.00408. The van der Waals surface area contributed by atoms with Gasteiger partial charge in [0.15, 0.2) is 0 Å². The molecular weight excluding hydrogens is 384 g/mol. The molecule has 0 saturated heterocycles. The first-order chi connectivity index (χ1) is 13.3. The van der Waals surface area contributed by atoms with Crippen molar-refractivity contribution in [2.75, 3.05) is 15.8 Å². The lowest BCUT2D eigenvalue weighted by molar-refractivity contribution is -0.114. The number of anilines is 2. The summed E-state index contributed by atoms with van der Waals surface area (Å²) in [5.74, 6) is -0.131. The minimum atomic E-state index is -3.49. The lowest BCUT2D eigenvalue weighted by Gasteiger charge is -2.26. The van der Waals surface area contributed by atoms with Gasteiger partial charge in [-0.25, -0.2) is 8.42 Å². The summed E-state index contributed by atoms with van der Waals surface area (Å²) in [6.07, 6.45) is 0.449. The second-order valence-corrected chi connectivity index (χ2v) is 11.0. The molecule has 0 aliphatic rings. The quantitative estimate of drug-likeness (QED) is 0.663. The highest BCUT2D eigenvalue weighted by molar-refractivity contribution is 7.92. The Balaban J connectivity index is 2.10. The number of amides is 1. The molecule has 2 aromatic rings. The van der Waals surface area contributed by atoms with E-state index in [0.29, 0.717) is 17.8 Å². The van der Waals surface area contributed by atoms with Crippen molar-refractivity contribution in [1.82, 2.24) is 0 Å². The van der Waals surface area contributed by atoms with Gasteiger partial charge in [0.25, 0.3) is 0 Å². The van der Waals surface area contributed by atoms with Crippen LogP contribution in [0.5, 0.6) is 0 Å². The van der Waals surface area contributed by atoms with Crippen LogP contribution in [-0.4, -0.2) is 20.1 Å². The molecule has 158 valence electrons. The maximum Gasteiger partial charge on any atom is 0.232 e. The largest absolute Gasteiger partial charge is 0.326 e. The summed E-state index contributed by atoms with van der Waals surface area (Å²) in [6.45, 7) is 11.8. The number of hydrogen-bond donors (Lipinski definition) is 2. The molecule has 2 aromatic carbocycles. The number of nitrogens with one attached hydrogen (secondary N) is 2. The Hall–Kier alpha value is -2.34. The van der Waals surface area contributed by atoms with Crippen molar-refractivity contribution in [2.24, 2.45) is 0 Å². The predicted octanol–water partition coefficient (Wildman–Crippen LogP) is 5.05. The zero-order chi connectivity index (χ0) is 21.9. The number of sulfonamides is 1. The SMILES string of the molecule is CC(=O)Nc1cccc(C(C)(C)CCS(=O)(=O)Nc2cccc(C(C)(C)C)c2)c1. The van der Waals surface area contributed by atoms with E-state index in [9.17, 15) is 13.2 Å². The Bertz CT molecular complexity index is 974. The van der Waals surface area contributed by atoms with E-state index in [1.54, 1.807) is 6.07 Å². The number of carbonyl (C=O) groups is 1. The third-order valence-electron chi connectivity index (χ3n) is 4.96. The molecule has 5 nitrogen and oxygen atoms in total. The molecule has 29 heavy (non-hydrogen) atoms. The van der Waals surface area contributed by atoms with Crippen LogP contribution < -0.4 is 10.0 Å². The van der Waals surface area contributed by atoms with E-state index in [1.807, 2.05) is 56.3 Å². The second-order valence-electron chi connectivity index (χ2n) is 9.15. The summed E-state index contributed by atoms with van der Waals surface area (Å²) in [6, 6.07) is 15.1. The van der Waals surface area contributed by atoms with E-state index in [2.05, 4.69) is 30.8 Å². The monoisotopic (exact) mass is 416 g/mol. The van der Waals surface area contributed by atoms with Gasteiger partial charge in [-0.3, -0.25) is 9.52 Å². The van der Waals surface area contributed by atoms with Crippen LogP contribution in [0.2, 0.25) is 0 Å². The first kappa shape index (κ1) is 22.9. The molecule has 0 heterocycles. The van der Waals surface area contributed by atoms with Crippen molar-refractivity contribution in [2.45, 2.75) is 58.8 Å². The summed E-state index contributed by atoms with van der Waals surface area (Å²) in [5, 5.41) is 2.77. The normalized spacial score (nSPS) is 12.5. The fraction of sp³-hybridized carbons (Fsp3) is 0.435. The lowest BCUT2D eigenvalue weighted by atomic mass is 9.82. The van der Waals surface area contributed by atoms with Gasteiger partial charge >= 0.3 is 0 Å². The second kappa shape index (κ2) is 8.57. The topological polar surface area (TPSA) is 75.3 Å². The van der Waals surface area contributed by atoms with E-state index in [1.165, 1.54) is 6.92 Å². The standard InChI is InChI=1S/C23H32N2O3S/c1-17(26)24-20-11-8-10-19(16-20)23(5,6)13-14-29(27,28)25-21-12-7-9-18(15-21)22(2,3)4/h7-12,15-16,25H,13-14H2,1-6H3,(H,24,26). The van der Waals surface area contributed by atoms with Gasteiger partial charge in [0.2, 0.25) is 15.9 Å². The van der Waals surface area contributed by atoms with Gasteiger partial charge < -0.3 is 5.32 Å². The van der Waals surface area contributed by atoms with Gasteiger partial charge in [0, 0.05) is 18.3 Å². The molecule has 0 bridgehead atoms. The van der Waals surface area contributed by atoms with Crippen LogP contribution in [0.15, 0.2) is 48.5 Å². The first-order valence-corrected chi connectivity index (χ1v) is 11.4. The zero-order valence-electron chi connectivity index (χ0n) is 18.2. The van der Waals surface area contributed by atoms with Crippen molar-refractivity contribution in [3.8, 4) is 0 Å². The Kier molecular flexibility index (Phi) is 6.78. The number of rotatable bonds is 7. The summed E-state index contributed by atoms with van der Waals surface area (Å²) < 4.78 is 28.1. The van der Waals surface area contributed by atoms with E-state index < -0.39 is 10.0 Å². The van der Waals surface area contributed by atoms with E-state index in [4.69, 9.17) is 0 Å².